The number of halogens is 2. The highest BCUT2D eigenvalue weighted by Crippen LogP contribution is 2.22. The van der Waals surface area contributed by atoms with Crippen LogP contribution in [0.25, 0.3) is 0 Å². The lowest BCUT2D eigenvalue weighted by Gasteiger charge is -2.00. The normalized spacial score (nSPS) is 8.80. The van der Waals surface area contributed by atoms with E-state index in [1.54, 1.807) is 36.4 Å². The smallest absolute Gasteiger partial charge is 0.0992 e. The molecule has 0 atom stereocenters. The molecular formula is C14H10I2N4. The molecule has 4 N–H and O–H groups in total. The van der Waals surface area contributed by atoms with Crippen LogP contribution in [0.15, 0.2) is 36.4 Å². The second kappa shape index (κ2) is 7.92. The molecule has 4 nitrogen and oxygen atoms in total. The summed E-state index contributed by atoms with van der Waals surface area (Å²) in [5.41, 5.74) is 13.8. The van der Waals surface area contributed by atoms with Crippen molar-refractivity contribution < 1.29 is 0 Å². The summed E-state index contributed by atoms with van der Waals surface area (Å²) in [7, 11) is 0. The number of rotatable bonds is 0. The molecule has 0 saturated heterocycles. The Bertz CT molecular complexity index is 659. The number of hydrogen-bond acceptors (Lipinski definition) is 4. The van der Waals surface area contributed by atoms with E-state index in [1.807, 2.05) is 6.07 Å². The second-order valence-electron chi connectivity index (χ2n) is 3.70. The minimum absolute atomic E-state index is 0.643. The Balaban J connectivity index is 0.000000204. The fourth-order valence-electron chi connectivity index (χ4n) is 1.21. The minimum atomic E-state index is 0.643. The van der Waals surface area contributed by atoms with E-state index in [2.05, 4.69) is 51.3 Å². The largest absolute Gasteiger partial charge is 0.399 e. The minimum Gasteiger partial charge on any atom is -0.399 e. The first kappa shape index (κ1) is 16.5. The first-order valence-electron chi connectivity index (χ1n) is 5.38. The highest BCUT2D eigenvalue weighted by atomic mass is 127. The summed E-state index contributed by atoms with van der Waals surface area (Å²) in [4.78, 5) is 0. The van der Waals surface area contributed by atoms with Gasteiger partial charge < -0.3 is 11.5 Å². The molecule has 0 amide bonds. The SMILES string of the molecule is N#Cc1cc(I)c(N)c(I)c1.N#Cc1ccc(N)cc1. The molecule has 0 bridgehead atoms. The predicted molar refractivity (Wildman–Crippen MR) is 96.6 cm³/mol. The van der Waals surface area contributed by atoms with Crippen molar-refractivity contribution in [2.75, 3.05) is 11.5 Å². The van der Waals surface area contributed by atoms with Gasteiger partial charge in [-0.1, -0.05) is 0 Å². The molecule has 2 aromatic rings. The van der Waals surface area contributed by atoms with Crippen molar-refractivity contribution in [3.05, 3.63) is 54.7 Å². The fraction of sp³-hybridized carbons (Fsp3) is 0. The topological polar surface area (TPSA) is 99.6 Å². The molecule has 0 aromatic heterocycles. The van der Waals surface area contributed by atoms with Gasteiger partial charge in [0.1, 0.15) is 0 Å². The van der Waals surface area contributed by atoms with Gasteiger partial charge in [-0.2, -0.15) is 10.5 Å². The van der Waals surface area contributed by atoms with Crippen molar-refractivity contribution in [3.63, 3.8) is 0 Å². The third-order valence-electron chi connectivity index (χ3n) is 2.25. The molecule has 0 unspecified atom stereocenters. The van der Waals surface area contributed by atoms with Crippen LogP contribution in [0.1, 0.15) is 11.1 Å². The van der Waals surface area contributed by atoms with Gasteiger partial charge in [0.15, 0.2) is 0 Å². The summed E-state index contributed by atoms with van der Waals surface area (Å²) >= 11 is 4.24. The van der Waals surface area contributed by atoms with E-state index in [9.17, 15) is 0 Å². The first-order chi connectivity index (χ1) is 9.47. The Kier molecular flexibility index (Phi) is 6.55. The van der Waals surface area contributed by atoms with Gasteiger partial charge >= 0.3 is 0 Å². The maximum atomic E-state index is 8.58. The number of nitrogen functional groups attached to an aromatic ring is 2. The van der Waals surface area contributed by atoms with Crippen molar-refractivity contribution in [1.82, 2.24) is 0 Å². The molecule has 20 heavy (non-hydrogen) atoms. The molecule has 0 aliphatic carbocycles. The van der Waals surface area contributed by atoms with Crippen LogP contribution in [0.4, 0.5) is 11.4 Å². The van der Waals surface area contributed by atoms with Gasteiger partial charge in [-0.3, -0.25) is 0 Å². The third kappa shape index (κ3) is 4.87. The number of benzene rings is 2. The van der Waals surface area contributed by atoms with Crippen LogP contribution in [0.2, 0.25) is 0 Å². The number of hydrogen-bond donors (Lipinski definition) is 2. The summed E-state index contributed by atoms with van der Waals surface area (Å²) in [5, 5.41) is 16.9. The van der Waals surface area contributed by atoms with Crippen LogP contribution in [-0.4, -0.2) is 0 Å². The maximum Gasteiger partial charge on any atom is 0.0992 e. The predicted octanol–water partition coefficient (Wildman–Crippen LogP) is 3.49. The quantitative estimate of drug-likeness (QED) is 0.438. The average Bonchev–Trinajstić information content (AvgIpc) is 2.45. The van der Waals surface area contributed by atoms with Gasteiger partial charge in [0, 0.05) is 12.8 Å². The molecule has 2 rings (SSSR count). The zero-order valence-electron chi connectivity index (χ0n) is 10.3. The molecular weight excluding hydrogens is 478 g/mol. The van der Waals surface area contributed by atoms with E-state index in [0.29, 0.717) is 16.8 Å². The molecule has 6 heteroatoms. The molecule has 100 valence electrons. The molecule has 0 heterocycles. The van der Waals surface area contributed by atoms with Crippen LogP contribution in [0.5, 0.6) is 0 Å². The lowest BCUT2D eigenvalue weighted by molar-refractivity contribution is 1.46. The lowest BCUT2D eigenvalue weighted by Crippen LogP contribution is -1.93. The Morgan fingerprint density at radius 2 is 1.25 bits per heavy atom. The van der Waals surface area contributed by atoms with E-state index >= 15 is 0 Å². The van der Waals surface area contributed by atoms with Crippen molar-refractivity contribution in [3.8, 4) is 12.1 Å². The number of anilines is 2. The van der Waals surface area contributed by atoms with Gasteiger partial charge in [-0.25, -0.2) is 0 Å². The van der Waals surface area contributed by atoms with Crippen LogP contribution in [0.3, 0.4) is 0 Å². The third-order valence-corrected chi connectivity index (χ3v) is 4.03. The Labute approximate surface area is 144 Å². The van der Waals surface area contributed by atoms with Crippen molar-refractivity contribution in [2.45, 2.75) is 0 Å². The van der Waals surface area contributed by atoms with Crippen LogP contribution in [-0.2, 0) is 0 Å². The zero-order valence-corrected chi connectivity index (χ0v) is 14.6. The van der Waals surface area contributed by atoms with E-state index in [0.717, 1.165) is 12.8 Å². The average molecular weight is 488 g/mol. The highest BCUT2D eigenvalue weighted by molar-refractivity contribution is 14.1. The van der Waals surface area contributed by atoms with E-state index in [4.69, 9.17) is 22.0 Å². The molecule has 0 aliphatic rings. The Morgan fingerprint density at radius 1 is 0.800 bits per heavy atom. The lowest BCUT2D eigenvalue weighted by atomic mass is 10.2. The maximum absolute atomic E-state index is 8.58. The van der Waals surface area contributed by atoms with Crippen LogP contribution < -0.4 is 11.5 Å². The molecule has 0 fully saturated rings. The summed E-state index contributed by atoms with van der Waals surface area (Å²) < 4.78 is 1.87. The number of nitrogens with two attached hydrogens (primary N) is 2. The fourth-order valence-corrected chi connectivity index (χ4v) is 2.97. The van der Waals surface area contributed by atoms with Gasteiger partial charge in [0.05, 0.1) is 29.0 Å². The summed E-state index contributed by atoms with van der Waals surface area (Å²) in [5.74, 6) is 0. The highest BCUT2D eigenvalue weighted by Gasteiger charge is 2.02. The summed E-state index contributed by atoms with van der Waals surface area (Å²) in [6, 6.07) is 14.4. The summed E-state index contributed by atoms with van der Waals surface area (Å²) in [6.45, 7) is 0. The van der Waals surface area contributed by atoms with Gasteiger partial charge in [0.2, 0.25) is 0 Å². The molecule has 2 aromatic carbocycles. The van der Waals surface area contributed by atoms with E-state index < -0.39 is 0 Å². The van der Waals surface area contributed by atoms with Crippen LogP contribution >= 0.6 is 45.2 Å². The van der Waals surface area contributed by atoms with Gasteiger partial charge in [-0.05, 0) is 81.6 Å². The molecule has 0 spiro atoms. The van der Waals surface area contributed by atoms with E-state index in [-0.39, 0.29) is 0 Å². The second-order valence-corrected chi connectivity index (χ2v) is 6.02. The van der Waals surface area contributed by atoms with Crippen molar-refractivity contribution in [2.24, 2.45) is 0 Å². The number of nitriles is 2. The summed E-state index contributed by atoms with van der Waals surface area (Å²) in [6.07, 6.45) is 0. The van der Waals surface area contributed by atoms with Gasteiger partial charge in [-0.15, -0.1) is 0 Å². The Hall–Kier alpha value is -1.52. The zero-order chi connectivity index (χ0) is 15.1. The number of nitrogens with zero attached hydrogens (tertiary/aromatic N) is 2. The van der Waals surface area contributed by atoms with Crippen molar-refractivity contribution >= 4 is 56.6 Å². The molecule has 0 aliphatic heterocycles. The Morgan fingerprint density at radius 3 is 1.65 bits per heavy atom. The van der Waals surface area contributed by atoms with Gasteiger partial charge in [0.25, 0.3) is 0 Å². The molecule has 0 saturated carbocycles. The standard InChI is InChI=1S/C7H4I2N2.C7H6N2/c8-5-1-4(3-10)2-6(9)7(5)11;8-5-6-1-3-7(9)4-2-6/h1-2H,11H2;1-4H,9H2. The van der Waals surface area contributed by atoms with Crippen LogP contribution in [0, 0.1) is 29.8 Å². The molecule has 0 radical (unpaired) electrons. The monoisotopic (exact) mass is 488 g/mol. The van der Waals surface area contributed by atoms with E-state index in [1.165, 1.54) is 0 Å². The van der Waals surface area contributed by atoms with Crippen molar-refractivity contribution in [1.29, 1.82) is 10.5 Å². The first-order valence-corrected chi connectivity index (χ1v) is 7.54.